The van der Waals surface area contributed by atoms with Crippen molar-refractivity contribution in [2.45, 2.75) is 32.1 Å². The van der Waals surface area contributed by atoms with E-state index in [2.05, 4.69) is 19.1 Å². The Labute approximate surface area is 96.6 Å². The van der Waals surface area contributed by atoms with E-state index in [1.54, 1.807) is 0 Å². The van der Waals surface area contributed by atoms with Crippen molar-refractivity contribution in [1.29, 1.82) is 0 Å². The van der Waals surface area contributed by atoms with Crippen molar-refractivity contribution in [2.75, 3.05) is 0 Å². The molecule has 0 aromatic heterocycles. The molecule has 0 aliphatic rings. The molecule has 1 aromatic rings. The van der Waals surface area contributed by atoms with Crippen molar-refractivity contribution in [2.24, 2.45) is 0 Å². The van der Waals surface area contributed by atoms with Crippen LogP contribution in [-0.2, 0) is 4.79 Å². The van der Waals surface area contributed by atoms with E-state index >= 15 is 0 Å². The summed E-state index contributed by atoms with van der Waals surface area (Å²) in [5.74, 6) is -1.13. The SMILES string of the molecule is CCC=CCCC(C(=O)O)c1ccccc1. The molecule has 2 nitrogen and oxygen atoms in total. The maximum atomic E-state index is 11.1. The smallest absolute Gasteiger partial charge is 0.310 e. The molecule has 0 saturated heterocycles. The number of carboxylic acid groups (broad SMARTS) is 1. The molecule has 1 N–H and O–H groups in total. The maximum absolute atomic E-state index is 11.1. The molecule has 0 radical (unpaired) electrons. The average Bonchev–Trinajstić information content (AvgIpc) is 2.30. The lowest BCUT2D eigenvalue weighted by atomic mass is 9.94. The lowest BCUT2D eigenvalue weighted by molar-refractivity contribution is -0.138. The Morgan fingerprint density at radius 1 is 1.31 bits per heavy atom. The Morgan fingerprint density at radius 3 is 2.56 bits per heavy atom. The Morgan fingerprint density at radius 2 is 2.00 bits per heavy atom. The van der Waals surface area contributed by atoms with Crippen molar-refractivity contribution in [3.8, 4) is 0 Å². The normalized spacial score (nSPS) is 12.8. The number of rotatable bonds is 6. The highest BCUT2D eigenvalue weighted by molar-refractivity contribution is 5.76. The number of hydrogen-bond donors (Lipinski definition) is 1. The average molecular weight is 218 g/mol. The Kier molecular flexibility index (Phi) is 5.34. The second-order valence-corrected chi connectivity index (χ2v) is 3.76. The molecule has 16 heavy (non-hydrogen) atoms. The monoisotopic (exact) mass is 218 g/mol. The van der Waals surface area contributed by atoms with Crippen LogP contribution in [0.1, 0.15) is 37.7 Å². The van der Waals surface area contributed by atoms with Crippen molar-refractivity contribution in [1.82, 2.24) is 0 Å². The summed E-state index contributed by atoms with van der Waals surface area (Å²) in [5.41, 5.74) is 0.889. The van der Waals surface area contributed by atoms with Gasteiger partial charge in [-0.2, -0.15) is 0 Å². The molecular formula is C14H18O2. The summed E-state index contributed by atoms with van der Waals surface area (Å²) < 4.78 is 0. The third kappa shape index (κ3) is 3.89. The summed E-state index contributed by atoms with van der Waals surface area (Å²) in [6.45, 7) is 2.07. The van der Waals surface area contributed by atoms with Gasteiger partial charge in [-0.1, -0.05) is 49.4 Å². The molecule has 1 aromatic carbocycles. The topological polar surface area (TPSA) is 37.3 Å². The lowest BCUT2D eigenvalue weighted by Gasteiger charge is -2.11. The summed E-state index contributed by atoms with van der Waals surface area (Å²) in [4.78, 5) is 11.1. The number of hydrogen-bond acceptors (Lipinski definition) is 1. The van der Waals surface area contributed by atoms with Gasteiger partial charge in [-0.25, -0.2) is 0 Å². The number of carbonyl (C=O) groups is 1. The zero-order chi connectivity index (χ0) is 11.8. The molecule has 0 spiro atoms. The van der Waals surface area contributed by atoms with Gasteiger partial charge in [0.15, 0.2) is 0 Å². The van der Waals surface area contributed by atoms with Crippen molar-refractivity contribution >= 4 is 5.97 Å². The summed E-state index contributed by atoms with van der Waals surface area (Å²) >= 11 is 0. The van der Waals surface area contributed by atoms with Crippen LogP contribution in [0, 0.1) is 0 Å². The van der Waals surface area contributed by atoms with E-state index in [0.717, 1.165) is 18.4 Å². The Balaban J connectivity index is 2.62. The molecule has 0 aliphatic carbocycles. The van der Waals surface area contributed by atoms with Crippen LogP contribution >= 0.6 is 0 Å². The lowest BCUT2D eigenvalue weighted by Crippen LogP contribution is -2.11. The molecule has 86 valence electrons. The van der Waals surface area contributed by atoms with Gasteiger partial charge in [0, 0.05) is 0 Å². The first-order valence-electron chi connectivity index (χ1n) is 5.68. The molecule has 0 saturated carbocycles. The van der Waals surface area contributed by atoms with Gasteiger partial charge in [-0.3, -0.25) is 4.79 Å². The van der Waals surface area contributed by atoms with Gasteiger partial charge >= 0.3 is 5.97 Å². The standard InChI is InChI=1S/C14H18O2/c1-2-3-4-8-11-13(14(15)16)12-9-6-5-7-10-12/h3-7,9-10,13H,2,8,11H2,1H3,(H,15,16). The van der Waals surface area contributed by atoms with E-state index in [-0.39, 0.29) is 5.92 Å². The van der Waals surface area contributed by atoms with Gasteiger partial charge in [-0.15, -0.1) is 0 Å². The van der Waals surface area contributed by atoms with E-state index in [9.17, 15) is 4.79 Å². The summed E-state index contributed by atoms with van der Waals surface area (Å²) in [6, 6.07) is 9.42. The van der Waals surface area contributed by atoms with Crippen LogP contribution < -0.4 is 0 Å². The maximum Gasteiger partial charge on any atom is 0.310 e. The van der Waals surface area contributed by atoms with Crippen LogP contribution in [0.5, 0.6) is 0 Å². The van der Waals surface area contributed by atoms with Gasteiger partial charge in [-0.05, 0) is 24.8 Å². The molecule has 0 heterocycles. The van der Waals surface area contributed by atoms with E-state index in [0.29, 0.717) is 6.42 Å². The quantitative estimate of drug-likeness (QED) is 0.741. The van der Waals surface area contributed by atoms with Gasteiger partial charge in [0.1, 0.15) is 0 Å². The molecule has 1 unspecified atom stereocenters. The van der Waals surface area contributed by atoms with Gasteiger partial charge < -0.3 is 5.11 Å². The molecule has 1 rings (SSSR count). The molecule has 0 aliphatic heterocycles. The molecule has 0 bridgehead atoms. The molecule has 2 heteroatoms. The second-order valence-electron chi connectivity index (χ2n) is 3.76. The van der Waals surface area contributed by atoms with Crippen molar-refractivity contribution in [3.63, 3.8) is 0 Å². The first kappa shape index (κ1) is 12.5. The Bertz CT molecular complexity index is 341. The summed E-state index contributed by atoms with van der Waals surface area (Å²) in [7, 11) is 0. The molecule has 0 fully saturated rings. The highest BCUT2D eigenvalue weighted by atomic mass is 16.4. The van der Waals surface area contributed by atoms with Crippen LogP contribution in [0.3, 0.4) is 0 Å². The van der Waals surface area contributed by atoms with Gasteiger partial charge in [0.05, 0.1) is 5.92 Å². The van der Waals surface area contributed by atoms with Crippen LogP contribution in [-0.4, -0.2) is 11.1 Å². The van der Waals surface area contributed by atoms with Gasteiger partial charge in [0.25, 0.3) is 0 Å². The second kappa shape index (κ2) is 6.83. The predicted molar refractivity (Wildman–Crippen MR) is 65.5 cm³/mol. The van der Waals surface area contributed by atoms with Crippen molar-refractivity contribution in [3.05, 3.63) is 48.0 Å². The van der Waals surface area contributed by atoms with E-state index < -0.39 is 5.97 Å². The van der Waals surface area contributed by atoms with Crippen LogP contribution in [0.25, 0.3) is 0 Å². The largest absolute Gasteiger partial charge is 0.481 e. The fourth-order valence-electron chi connectivity index (χ4n) is 1.67. The van der Waals surface area contributed by atoms with E-state index in [1.807, 2.05) is 30.3 Å². The predicted octanol–water partition coefficient (Wildman–Crippen LogP) is 3.60. The van der Waals surface area contributed by atoms with Crippen LogP contribution in [0.4, 0.5) is 0 Å². The van der Waals surface area contributed by atoms with Gasteiger partial charge in [0.2, 0.25) is 0 Å². The summed E-state index contributed by atoms with van der Waals surface area (Å²) in [6.07, 6.45) is 6.61. The third-order valence-corrected chi connectivity index (χ3v) is 2.52. The molecule has 0 amide bonds. The highest BCUT2D eigenvalue weighted by Crippen LogP contribution is 2.21. The van der Waals surface area contributed by atoms with E-state index in [4.69, 9.17) is 5.11 Å². The zero-order valence-corrected chi connectivity index (χ0v) is 9.60. The number of benzene rings is 1. The van der Waals surface area contributed by atoms with Crippen LogP contribution in [0.2, 0.25) is 0 Å². The minimum absolute atomic E-state index is 0.386. The first-order valence-corrected chi connectivity index (χ1v) is 5.68. The number of carboxylic acids is 1. The fourth-order valence-corrected chi connectivity index (χ4v) is 1.67. The minimum atomic E-state index is -0.740. The molecular weight excluding hydrogens is 200 g/mol. The third-order valence-electron chi connectivity index (χ3n) is 2.52. The first-order chi connectivity index (χ1) is 7.75. The fraction of sp³-hybridized carbons (Fsp3) is 0.357. The molecule has 1 atom stereocenters. The van der Waals surface area contributed by atoms with Crippen molar-refractivity contribution < 1.29 is 9.90 Å². The zero-order valence-electron chi connectivity index (χ0n) is 9.60. The summed E-state index contributed by atoms with van der Waals surface area (Å²) in [5, 5.41) is 9.16. The Hall–Kier alpha value is -1.57. The van der Waals surface area contributed by atoms with E-state index in [1.165, 1.54) is 0 Å². The highest BCUT2D eigenvalue weighted by Gasteiger charge is 2.17. The van der Waals surface area contributed by atoms with Crippen LogP contribution in [0.15, 0.2) is 42.5 Å². The number of aliphatic carboxylic acids is 1. The minimum Gasteiger partial charge on any atom is -0.481 e. The number of allylic oxidation sites excluding steroid dienone is 2.